The van der Waals surface area contributed by atoms with E-state index in [1.807, 2.05) is 24.3 Å². The smallest absolute Gasteiger partial charge is 0.420 e. The molecule has 3 atom stereocenters. The molecular weight excluding hydrogens is 386 g/mol. The summed E-state index contributed by atoms with van der Waals surface area (Å²) in [6.45, 7) is 8.54. The lowest BCUT2D eigenvalue weighted by Crippen LogP contribution is -2.44. The molecule has 30 heavy (non-hydrogen) atoms. The third kappa shape index (κ3) is 3.28. The number of hydrogen-bond acceptors (Lipinski definition) is 6. The number of fused-ring (bicyclic) bond motifs is 3. The summed E-state index contributed by atoms with van der Waals surface area (Å²) in [7, 11) is 0. The fourth-order valence-corrected chi connectivity index (χ4v) is 4.07. The zero-order chi connectivity index (χ0) is 21.8. The van der Waals surface area contributed by atoms with E-state index in [2.05, 4.69) is 0 Å². The van der Waals surface area contributed by atoms with Gasteiger partial charge in [0.05, 0.1) is 11.8 Å². The summed E-state index contributed by atoms with van der Waals surface area (Å²) >= 11 is 0. The van der Waals surface area contributed by atoms with Gasteiger partial charge in [0, 0.05) is 11.5 Å². The van der Waals surface area contributed by atoms with Crippen molar-refractivity contribution in [1.82, 2.24) is 4.90 Å². The molecule has 0 N–H and O–H groups in total. The van der Waals surface area contributed by atoms with Crippen LogP contribution in [0.25, 0.3) is 0 Å². The molecule has 2 amide bonds. The maximum atomic E-state index is 12.6. The maximum Gasteiger partial charge on any atom is 0.420 e. The summed E-state index contributed by atoms with van der Waals surface area (Å²) < 4.78 is 16.8. The number of esters is 1. The Bertz CT molecular complexity index is 999. The van der Waals surface area contributed by atoms with Gasteiger partial charge in [-0.2, -0.15) is 0 Å². The molecule has 0 saturated carbocycles. The van der Waals surface area contributed by atoms with Gasteiger partial charge in [-0.25, -0.2) is 14.5 Å². The highest BCUT2D eigenvalue weighted by Crippen LogP contribution is 2.47. The van der Waals surface area contributed by atoms with E-state index in [1.165, 1.54) is 6.26 Å². The van der Waals surface area contributed by atoms with Crippen molar-refractivity contribution in [3.05, 3.63) is 58.4 Å². The van der Waals surface area contributed by atoms with Gasteiger partial charge >= 0.3 is 12.1 Å². The molecule has 7 nitrogen and oxygen atoms in total. The molecule has 1 saturated heterocycles. The zero-order valence-corrected chi connectivity index (χ0v) is 17.7. The van der Waals surface area contributed by atoms with E-state index in [4.69, 9.17) is 14.2 Å². The van der Waals surface area contributed by atoms with Crippen LogP contribution >= 0.6 is 0 Å². The summed E-state index contributed by atoms with van der Waals surface area (Å²) in [6.07, 6.45) is -0.0532. The van der Waals surface area contributed by atoms with Crippen LogP contribution in [0.15, 0.2) is 47.2 Å². The van der Waals surface area contributed by atoms with Crippen molar-refractivity contribution in [2.75, 3.05) is 0 Å². The first-order valence-corrected chi connectivity index (χ1v) is 9.96. The SMILES string of the molecule is CC1=C(C)[C@H](O/C=C2\C(=O)O[C@@H]3c4ccccc4C[C@H]23)N(C(=O)OC(C)(C)C)C1=O. The minimum absolute atomic E-state index is 0.146. The van der Waals surface area contributed by atoms with Gasteiger partial charge in [0.25, 0.3) is 5.91 Å². The lowest BCUT2D eigenvalue weighted by molar-refractivity contribution is -0.139. The van der Waals surface area contributed by atoms with Gasteiger partial charge in [0.2, 0.25) is 6.23 Å². The van der Waals surface area contributed by atoms with Gasteiger partial charge in [-0.05, 0) is 57.7 Å². The molecule has 7 heteroatoms. The average molecular weight is 411 g/mol. The van der Waals surface area contributed by atoms with Crippen LogP contribution in [0, 0.1) is 5.92 Å². The Morgan fingerprint density at radius 1 is 1.20 bits per heavy atom. The highest BCUT2D eigenvalue weighted by Gasteiger charge is 2.47. The molecule has 0 bridgehead atoms. The topological polar surface area (TPSA) is 82.1 Å². The quantitative estimate of drug-likeness (QED) is 0.418. The largest absolute Gasteiger partial charge is 0.473 e. The van der Waals surface area contributed by atoms with Crippen LogP contribution in [0.2, 0.25) is 0 Å². The third-order valence-corrected chi connectivity index (χ3v) is 5.69. The van der Waals surface area contributed by atoms with Crippen molar-refractivity contribution in [2.24, 2.45) is 5.92 Å². The van der Waals surface area contributed by atoms with Crippen LogP contribution in [0.5, 0.6) is 0 Å². The van der Waals surface area contributed by atoms with Gasteiger partial charge in [0.15, 0.2) is 0 Å². The Labute approximate surface area is 175 Å². The van der Waals surface area contributed by atoms with Crippen molar-refractivity contribution >= 4 is 18.0 Å². The van der Waals surface area contributed by atoms with E-state index in [-0.39, 0.29) is 12.0 Å². The maximum absolute atomic E-state index is 12.6. The molecule has 3 aliphatic rings. The average Bonchev–Trinajstić information content (AvgIpc) is 3.23. The molecular formula is C23H25NO6. The third-order valence-electron chi connectivity index (χ3n) is 5.69. The summed E-state index contributed by atoms with van der Waals surface area (Å²) in [5.41, 5.74) is 2.82. The molecule has 0 radical (unpaired) electrons. The first-order chi connectivity index (χ1) is 14.1. The predicted octanol–water partition coefficient (Wildman–Crippen LogP) is 3.80. The Balaban J connectivity index is 1.58. The Morgan fingerprint density at radius 3 is 2.60 bits per heavy atom. The lowest BCUT2D eigenvalue weighted by atomic mass is 9.98. The van der Waals surface area contributed by atoms with Crippen molar-refractivity contribution in [3.63, 3.8) is 0 Å². The van der Waals surface area contributed by atoms with Crippen LogP contribution in [0.4, 0.5) is 4.79 Å². The van der Waals surface area contributed by atoms with Crippen molar-refractivity contribution in [2.45, 2.75) is 59.0 Å². The second-order valence-electron chi connectivity index (χ2n) is 8.86. The van der Waals surface area contributed by atoms with Gasteiger partial charge in [-0.1, -0.05) is 24.3 Å². The number of rotatable bonds is 2. The minimum Gasteiger partial charge on any atom is -0.473 e. The number of carbonyl (C=O) groups is 3. The summed E-state index contributed by atoms with van der Waals surface area (Å²) in [5.74, 6) is -1.05. The fraction of sp³-hybridized carbons (Fsp3) is 0.435. The second-order valence-corrected chi connectivity index (χ2v) is 8.86. The van der Waals surface area contributed by atoms with Crippen LogP contribution < -0.4 is 0 Å². The lowest BCUT2D eigenvalue weighted by Gasteiger charge is -2.27. The molecule has 4 rings (SSSR count). The second kappa shape index (κ2) is 7.00. The predicted molar refractivity (Wildman–Crippen MR) is 107 cm³/mol. The van der Waals surface area contributed by atoms with Gasteiger partial charge < -0.3 is 14.2 Å². The van der Waals surface area contributed by atoms with Crippen LogP contribution in [0.3, 0.4) is 0 Å². The Kier molecular flexibility index (Phi) is 4.71. The Morgan fingerprint density at radius 2 is 1.90 bits per heavy atom. The molecule has 2 aliphatic heterocycles. The number of amides is 2. The van der Waals surface area contributed by atoms with Crippen molar-refractivity contribution in [3.8, 4) is 0 Å². The number of ether oxygens (including phenoxy) is 3. The monoisotopic (exact) mass is 411 g/mol. The van der Waals surface area contributed by atoms with E-state index in [9.17, 15) is 14.4 Å². The molecule has 0 spiro atoms. The summed E-state index contributed by atoms with van der Waals surface area (Å²) in [6, 6.07) is 7.87. The molecule has 1 aliphatic carbocycles. The number of hydrogen-bond donors (Lipinski definition) is 0. The van der Waals surface area contributed by atoms with E-state index < -0.39 is 29.8 Å². The highest BCUT2D eigenvalue weighted by atomic mass is 16.6. The number of benzene rings is 1. The summed E-state index contributed by atoms with van der Waals surface area (Å²) in [5, 5.41) is 0. The molecule has 158 valence electrons. The number of imide groups is 1. The van der Waals surface area contributed by atoms with Crippen LogP contribution in [0.1, 0.15) is 51.8 Å². The van der Waals surface area contributed by atoms with E-state index in [0.717, 1.165) is 16.0 Å². The highest BCUT2D eigenvalue weighted by molar-refractivity contribution is 6.05. The molecule has 1 aromatic carbocycles. The van der Waals surface area contributed by atoms with Crippen molar-refractivity contribution < 1.29 is 28.6 Å². The number of nitrogens with zero attached hydrogens (tertiary/aromatic N) is 1. The first-order valence-electron chi connectivity index (χ1n) is 9.96. The van der Waals surface area contributed by atoms with Gasteiger partial charge in [0.1, 0.15) is 11.7 Å². The Hall–Kier alpha value is -3.09. The van der Waals surface area contributed by atoms with Gasteiger partial charge in [-0.3, -0.25) is 4.79 Å². The van der Waals surface area contributed by atoms with Crippen molar-refractivity contribution in [1.29, 1.82) is 0 Å². The molecule has 1 fully saturated rings. The standard InChI is InChI=1S/C23H25NO6/c1-12-13(2)20(24(19(12)25)22(27)30-23(3,4)5)28-11-17-16-10-14-8-6-7-9-15(14)18(16)29-21(17)26/h6-9,11,16,18,20H,10H2,1-5H3/b17-11-/t16-,18-,20+/m1/s1. The number of carbonyl (C=O) groups excluding carboxylic acids is 3. The zero-order valence-electron chi connectivity index (χ0n) is 17.7. The van der Waals surface area contributed by atoms with E-state index >= 15 is 0 Å². The van der Waals surface area contributed by atoms with Crippen LogP contribution in [-0.4, -0.2) is 34.7 Å². The van der Waals surface area contributed by atoms with Gasteiger partial charge in [-0.15, -0.1) is 0 Å². The normalized spacial score (nSPS) is 26.8. The minimum atomic E-state index is -0.963. The molecule has 0 unspecified atom stereocenters. The summed E-state index contributed by atoms with van der Waals surface area (Å²) in [4.78, 5) is 38.7. The molecule has 1 aromatic rings. The van der Waals surface area contributed by atoms with Crippen LogP contribution in [-0.2, 0) is 30.2 Å². The molecule has 2 heterocycles. The molecule has 0 aromatic heterocycles. The van der Waals surface area contributed by atoms with E-state index in [1.54, 1.807) is 34.6 Å². The first kappa shape index (κ1) is 20.2. The fourth-order valence-electron chi connectivity index (χ4n) is 4.07. The van der Waals surface area contributed by atoms with E-state index in [0.29, 0.717) is 23.1 Å².